The van der Waals surface area contributed by atoms with Crippen LogP contribution in [0.5, 0.6) is 5.88 Å². The lowest BCUT2D eigenvalue weighted by Gasteiger charge is -2.10. The molecular weight excluding hydrogens is 268 g/mol. The van der Waals surface area contributed by atoms with Crippen LogP contribution in [0.3, 0.4) is 0 Å². The first kappa shape index (κ1) is 14.3. The lowest BCUT2D eigenvalue weighted by atomic mass is 10.4. The average molecular weight is 275 g/mol. The number of nitrogens with two attached hydrogens (primary N) is 1. The van der Waals surface area contributed by atoms with Gasteiger partial charge < -0.3 is 10.5 Å². The van der Waals surface area contributed by atoms with Crippen molar-refractivity contribution in [3.63, 3.8) is 0 Å². The molecule has 4 nitrogen and oxygen atoms in total. The van der Waals surface area contributed by atoms with E-state index in [2.05, 4.69) is 14.7 Å². The Morgan fingerprint density at radius 3 is 2.22 bits per heavy atom. The maximum absolute atomic E-state index is 12.3. The second kappa shape index (κ2) is 4.86. The molecule has 0 fully saturated rings. The molecule has 1 rings (SSSR count). The van der Waals surface area contributed by atoms with Crippen LogP contribution in [0.4, 0.5) is 32.3 Å². The molecule has 0 spiro atoms. The number of ether oxygens (including phenoxy) is 1. The summed E-state index contributed by atoms with van der Waals surface area (Å²) in [7, 11) is 0. The highest BCUT2D eigenvalue weighted by atomic mass is 19.4. The minimum atomic E-state index is -4.78. The summed E-state index contributed by atoms with van der Waals surface area (Å²) in [4.78, 5) is 6.15. The van der Waals surface area contributed by atoms with Gasteiger partial charge in [-0.25, -0.2) is 4.98 Å². The summed E-state index contributed by atoms with van der Waals surface area (Å²) in [5.41, 5.74) is 3.61. The monoisotopic (exact) mass is 275 g/mol. The van der Waals surface area contributed by atoms with Crippen molar-refractivity contribution in [2.24, 2.45) is 0 Å². The van der Waals surface area contributed by atoms with Crippen LogP contribution in [0.15, 0.2) is 6.07 Å². The zero-order valence-electron chi connectivity index (χ0n) is 8.64. The Bertz CT molecular complexity index is 416. The number of anilines is 1. The lowest BCUT2D eigenvalue weighted by molar-refractivity contribution is -0.142. The SMILES string of the molecule is Nc1nc(OCCC(F)(F)F)cc(C(F)(F)F)n1. The van der Waals surface area contributed by atoms with Crippen molar-refractivity contribution in [2.45, 2.75) is 18.8 Å². The van der Waals surface area contributed by atoms with Crippen LogP contribution < -0.4 is 10.5 Å². The molecule has 0 aliphatic heterocycles. The van der Waals surface area contributed by atoms with Gasteiger partial charge >= 0.3 is 12.4 Å². The van der Waals surface area contributed by atoms with Crippen molar-refractivity contribution in [3.8, 4) is 5.88 Å². The number of hydrogen-bond donors (Lipinski definition) is 1. The molecule has 0 aliphatic carbocycles. The first-order chi connectivity index (χ1) is 8.08. The predicted molar refractivity (Wildman–Crippen MR) is 47.6 cm³/mol. The maximum atomic E-state index is 12.3. The van der Waals surface area contributed by atoms with Crippen LogP contribution in [-0.2, 0) is 6.18 Å². The summed E-state index contributed by atoms with van der Waals surface area (Å²) in [5.74, 6) is -1.38. The van der Waals surface area contributed by atoms with E-state index in [4.69, 9.17) is 5.73 Å². The molecule has 0 atom stereocenters. The number of nitrogen functional groups attached to an aromatic ring is 1. The Balaban J connectivity index is 2.75. The quantitative estimate of drug-likeness (QED) is 0.860. The Morgan fingerprint density at radius 1 is 1.11 bits per heavy atom. The second-order valence-electron chi connectivity index (χ2n) is 3.16. The number of hydrogen-bond acceptors (Lipinski definition) is 4. The molecule has 0 unspecified atom stereocenters. The van der Waals surface area contributed by atoms with Crippen LogP contribution >= 0.6 is 0 Å². The fourth-order valence-electron chi connectivity index (χ4n) is 0.933. The number of halogens is 6. The van der Waals surface area contributed by atoms with Crippen LogP contribution in [0.25, 0.3) is 0 Å². The topological polar surface area (TPSA) is 61.0 Å². The van der Waals surface area contributed by atoms with Crippen molar-refractivity contribution < 1.29 is 31.1 Å². The highest BCUT2D eigenvalue weighted by molar-refractivity contribution is 5.27. The van der Waals surface area contributed by atoms with E-state index in [0.717, 1.165) is 0 Å². The second-order valence-corrected chi connectivity index (χ2v) is 3.16. The smallest absolute Gasteiger partial charge is 0.433 e. The van der Waals surface area contributed by atoms with Gasteiger partial charge in [0.25, 0.3) is 0 Å². The van der Waals surface area contributed by atoms with Gasteiger partial charge in [0.1, 0.15) is 0 Å². The molecule has 1 heterocycles. The number of rotatable bonds is 3. The molecule has 0 amide bonds. The molecule has 1 aromatic heterocycles. The van der Waals surface area contributed by atoms with Gasteiger partial charge in [0.15, 0.2) is 5.69 Å². The molecule has 0 aliphatic rings. The predicted octanol–water partition coefficient (Wildman–Crippen LogP) is 2.41. The van der Waals surface area contributed by atoms with Gasteiger partial charge in [-0.15, -0.1) is 0 Å². The Labute approximate surface area is 96.8 Å². The van der Waals surface area contributed by atoms with Gasteiger partial charge in [-0.1, -0.05) is 0 Å². The highest BCUT2D eigenvalue weighted by Gasteiger charge is 2.34. The van der Waals surface area contributed by atoms with E-state index in [1.165, 1.54) is 0 Å². The van der Waals surface area contributed by atoms with Crippen molar-refractivity contribution in [1.82, 2.24) is 9.97 Å². The van der Waals surface area contributed by atoms with Crippen LogP contribution in [0, 0.1) is 0 Å². The van der Waals surface area contributed by atoms with E-state index < -0.39 is 42.9 Å². The van der Waals surface area contributed by atoms with Crippen molar-refractivity contribution >= 4 is 5.95 Å². The van der Waals surface area contributed by atoms with Crippen molar-refractivity contribution in [2.75, 3.05) is 12.3 Å². The van der Waals surface area contributed by atoms with E-state index in [1.54, 1.807) is 0 Å². The molecule has 102 valence electrons. The fraction of sp³-hybridized carbons (Fsp3) is 0.500. The molecule has 0 radical (unpaired) electrons. The minimum absolute atomic E-state index is 0.382. The molecule has 10 heteroatoms. The van der Waals surface area contributed by atoms with Gasteiger partial charge in [0.05, 0.1) is 13.0 Å². The summed E-state index contributed by atoms with van der Waals surface area (Å²) in [5, 5.41) is 0. The normalized spacial score (nSPS) is 12.6. The molecule has 0 aromatic carbocycles. The standard InChI is InChI=1S/C8H7F6N3O/c9-7(10,11)1-2-18-5-3-4(8(12,13)14)16-6(15)17-5/h3H,1-2H2,(H2,15,16,17). The molecule has 18 heavy (non-hydrogen) atoms. The Hall–Kier alpha value is -1.74. The van der Waals surface area contributed by atoms with Gasteiger partial charge in [-0.3, -0.25) is 0 Å². The largest absolute Gasteiger partial charge is 0.477 e. The third-order valence-corrected chi connectivity index (χ3v) is 1.65. The van der Waals surface area contributed by atoms with E-state index in [-0.39, 0.29) is 0 Å². The van der Waals surface area contributed by atoms with Crippen molar-refractivity contribution in [1.29, 1.82) is 0 Å². The fourth-order valence-corrected chi connectivity index (χ4v) is 0.933. The van der Waals surface area contributed by atoms with Crippen LogP contribution in [0.1, 0.15) is 12.1 Å². The number of alkyl halides is 6. The first-order valence-electron chi connectivity index (χ1n) is 4.49. The summed E-state index contributed by atoms with van der Waals surface area (Å²) in [6, 6.07) is 0.382. The average Bonchev–Trinajstić information content (AvgIpc) is 2.13. The zero-order chi connectivity index (χ0) is 14.0. The van der Waals surface area contributed by atoms with Gasteiger partial charge in [-0.05, 0) is 0 Å². The van der Waals surface area contributed by atoms with E-state index in [0.29, 0.717) is 6.07 Å². The number of nitrogens with zero attached hydrogens (tertiary/aromatic N) is 2. The summed E-state index contributed by atoms with van der Waals surface area (Å²) in [6.45, 7) is -0.850. The Morgan fingerprint density at radius 2 is 1.72 bits per heavy atom. The highest BCUT2D eigenvalue weighted by Crippen LogP contribution is 2.30. The molecule has 1 aromatic rings. The molecule has 2 N–H and O–H groups in total. The third kappa shape index (κ3) is 4.63. The molecular formula is C8H7F6N3O. The first-order valence-corrected chi connectivity index (χ1v) is 4.49. The minimum Gasteiger partial charge on any atom is -0.477 e. The van der Waals surface area contributed by atoms with Gasteiger partial charge in [-0.2, -0.15) is 31.3 Å². The maximum Gasteiger partial charge on any atom is 0.433 e. The van der Waals surface area contributed by atoms with Crippen LogP contribution in [-0.4, -0.2) is 22.8 Å². The zero-order valence-corrected chi connectivity index (χ0v) is 8.64. The van der Waals surface area contributed by atoms with Gasteiger partial charge in [0.2, 0.25) is 11.8 Å². The third-order valence-electron chi connectivity index (χ3n) is 1.65. The van der Waals surface area contributed by atoms with E-state index in [9.17, 15) is 26.3 Å². The summed E-state index contributed by atoms with van der Waals surface area (Å²) < 4.78 is 76.6. The van der Waals surface area contributed by atoms with Crippen molar-refractivity contribution in [3.05, 3.63) is 11.8 Å². The van der Waals surface area contributed by atoms with E-state index in [1.807, 2.05) is 0 Å². The lowest BCUT2D eigenvalue weighted by Crippen LogP contribution is -2.15. The summed E-state index contributed by atoms with van der Waals surface area (Å²) >= 11 is 0. The molecule has 0 saturated heterocycles. The Kier molecular flexibility index (Phi) is 3.87. The van der Waals surface area contributed by atoms with E-state index >= 15 is 0 Å². The summed E-state index contributed by atoms with van der Waals surface area (Å²) in [6.07, 6.45) is -10.6. The van der Waals surface area contributed by atoms with Gasteiger partial charge in [0, 0.05) is 6.07 Å². The molecule has 0 bridgehead atoms. The number of aromatic nitrogens is 2. The molecule has 0 saturated carbocycles. The van der Waals surface area contributed by atoms with Crippen LogP contribution in [0.2, 0.25) is 0 Å².